The van der Waals surface area contributed by atoms with E-state index in [-0.39, 0.29) is 31.2 Å². The molecule has 1 atom stereocenters. The summed E-state index contributed by atoms with van der Waals surface area (Å²) in [5, 5.41) is 5.20. The first-order valence-electron chi connectivity index (χ1n) is 10.8. The average Bonchev–Trinajstić information content (AvgIpc) is 2.79. The topological polar surface area (TPSA) is 103 Å². The molecule has 0 spiro atoms. The Hall–Kier alpha value is -3.46. The van der Waals surface area contributed by atoms with E-state index >= 15 is 0 Å². The van der Waals surface area contributed by atoms with Crippen LogP contribution in [0.1, 0.15) is 38.3 Å². The molecule has 0 aromatic heterocycles. The summed E-state index contributed by atoms with van der Waals surface area (Å²) in [6.45, 7) is 5.35. The van der Waals surface area contributed by atoms with Crippen LogP contribution >= 0.6 is 12.2 Å². The Morgan fingerprint density at radius 2 is 1.41 bits per heavy atom. The quantitative estimate of drug-likeness (QED) is 0.390. The molecule has 0 radical (unpaired) electrons. The number of carbonyl (C=O) groups is 3. The van der Waals surface area contributed by atoms with E-state index in [4.69, 9.17) is 26.4 Å². The second-order valence-corrected chi connectivity index (χ2v) is 8.87. The summed E-state index contributed by atoms with van der Waals surface area (Å²) in [7, 11) is 0. The van der Waals surface area contributed by atoms with Crippen LogP contribution in [0.4, 0.5) is 4.79 Å². The van der Waals surface area contributed by atoms with Gasteiger partial charge in [0.25, 0.3) is 0 Å². The Bertz CT molecular complexity index is 960. The van der Waals surface area contributed by atoms with Gasteiger partial charge in [0, 0.05) is 0 Å². The van der Waals surface area contributed by atoms with Crippen LogP contribution in [0.3, 0.4) is 0 Å². The number of alkyl carbamates (subject to hydrolysis) is 1. The monoisotopic (exact) mass is 486 g/mol. The van der Waals surface area contributed by atoms with Crippen molar-refractivity contribution in [3.8, 4) is 0 Å². The molecule has 2 N–H and O–H groups in total. The third kappa shape index (κ3) is 10.9. The Balaban J connectivity index is 1.89. The molecule has 2 aromatic rings. The van der Waals surface area contributed by atoms with Gasteiger partial charge < -0.3 is 24.8 Å². The maximum atomic E-state index is 12.6. The highest BCUT2D eigenvalue weighted by Crippen LogP contribution is 2.09. The Kier molecular flexibility index (Phi) is 10.5. The maximum Gasteiger partial charge on any atom is 0.408 e. The molecule has 0 aliphatic heterocycles. The first-order chi connectivity index (χ1) is 16.1. The van der Waals surface area contributed by atoms with Crippen LogP contribution in [0.25, 0.3) is 0 Å². The second-order valence-electron chi connectivity index (χ2n) is 8.42. The molecule has 0 saturated heterocycles. The van der Waals surface area contributed by atoms with Crippen LogP contribution in [0.15, 0.2) is 60.7 Å². The summed E-state index contributed by atoms with van der Waals surface area (Å²) in [6, 6.07) is 17.3. The van der Waals surface area contributed by atoms with Gasteiger partial charge in [-0.15, -0.1) is 0 Å². The van der Waals surface area contributed by atoms with E-state index in [1.165, 1.54) is 0 Å². The highest BCUT2D eigenvalue weighted by Gasteiger charge is 2.28. The molecule has 34 heavy (non-hydrogen) atoms. The lowest BCUT2D eigenvalue weighted by Crippen LogP contribution is -2.47. The molecule has 0 fully saturated rings. The van der Waals surface area contributed by atoms with E-state index in [9.17, 15) is 14.4 Å². The van der Waals surface area contributed by atoms with Crippen molar-refractivity contribution in [2.24, 2.45) is 0 Å². The third-order valence-electron chi connectivity index (χ3n) is 4.26. The lowest BCUT2D eigenvalue weighted by Gasteiger charge is -2.23. The van der Waals surface area contributed by atoms with E-state index in [1.54, 1.807) is 32.9 Å². The summed E-state index contributed by atoms with van der Waals surface area (Å²) in [5.74, 6) is -1.27. The lowest BCUT2D eigenvalue weighted by molar-refractivity contribution is -0.149. The van der Waals surface area contributed by atoms with Gasteiger partial charge in [0.15, 0.2) is 5.05 Å². The van der Waals surface area contributed by atoms with Crippen molar-refractivity contribution in [2.45, 2.75) is 52.0 Å². The number of benzene rings is 2. The Morgan fingerprint density at radius 1 is 0.882 bits per heavy atom. The first kappa shape index (κ1) is 26.8. The molecule has 0 heterocycles. The summed E-state index contributed by atoms with van der Waals surface area (Å²) < 4.78 is 16.0. The largest absolute Gasteiger partial charge is 0.480 e. The molecule has 0 unspecified atom stereocenters. The second kappa shape index (κ2) is 13.3. The number of carbonyl (C=O) groups excluding carboxylic acids is 3. The first-order valence-corrected chi connectivity index (χ1v) is 11.2. The van der Waals surface area contributed by atoms with E-state index < -0.39 is 29.6 Å². The van der Waals surface area contributed by atoms with E-state index in [1.807, 2.05) is 48.5 Å². The maximum absolute atomic E-state index is 12.6. The number of hydrogen-bond acceptors (Lipinski definition) is 7. The van der Waals surface area contributed by atoms with Crippen molar-refractivity contribution in [2.75, 3.05) is 6.54 Å². The van der Waals surface area contributed by atoms with Crippen LogP contribution in [0.5, 0.6) is 0 Å². The van der Waals surface area contributed by atoms with Crippen LogP contribution in [-0.2, 0) is 37.0 Å². The fourth-order valence-electron chi connectivity index (χ4n) is 2.69. The zero-order valence-electron chi connectivity index (χ0n) is 19.5. The molecule has 8 nitrogen and oxygen atoms in total. The van der Waals surface area contributed by atoms with Gasteiger partial charge in [0.05, 0.1) is 13.0 Å². The van der Waals surface area contributed by atoms with Crippen molar-refractivity contribution in [3.05, 3.63) is 71.8 Å². The summed E-state index contributed by atoms with van der Waals surface area (Å²) in [6.07, 6.45) is -1.18. The molecule has 2 aromatic carbocycles. The van der Waals surface area contributed by atoms with E-state index in [0.29, 0.717) is 0 Å². The number of esters is 1. The van der Waals surface area contributed by atoms with E-state index in [2.05, 4.69) is 10.6 Å². The highest BCUT2D eigenvalue weighted by atomic mass is 32.1. The standard InChI is InChI=1S/C25H30N2O6S/c1-25(2,3)33-24(30)27-20(23(29)32-17-19-12-8-5-9-13-19)14-21(28)26-15-22(34)31-16-18-10-6-4-7-11-18/h4-13,20H,14-17H2,1-3H3,(H,26,28)(H,27,30)/t20-/m0/s1. The Morgan fingerprint density at radius 3 is 1.94 bits per heavy atom. The van der Waals surface area contributed by atoms with Gasteiger partial charge in [0.2, 0.25) is 5.91 Å². The fourth-order valence-corrected chi connectivity index (χ4v) is 2.82. The van der Waals surface area contributed by atoms with E-state index in [0.717, 1.165) is 11.1 Å². The molecule has 0 aliphatic carbocycles. The van der Waals surface area contributed by atoms with Crippen LogP contribution in [-0.4, -0.2) is 41.2 Å². The van der Waals surface area contributed by atoms with Crippen LogP contribution < -0.4 is 10.6 Å². The minimum absolute atomic E-state index is 0.00516. The molecule has 182 valence electrons. The molecule has 0 saturated carbocycles. The minimum Gasteiger partial charge on any atom is -0.480 e. The van der Waals surface area contributed by atoms with Crippen LogP contribution in [0.2, 0.25) is 0 Å². The summed E-state index contributed by atoms with van der Waals surface area (Å²) in [5.41, 5.74) is 0.948. The molecule has 2 amide bonds. The van der Waals surface area contributed by atoms with Gasteiger partial charge in [-0.3, -0.25) is 4.79 Å². The lowest BCUT2D eigenvalue weighted by atomic mass is 10.2. The van der Waals surface area contributed by atoms with Gasteiger partial charge in [-0.25, -0.2) is 9.59 Å². The molecule has 2 rings (SSSR count). The number of ether oxygens (including phenoxy) is 3. The number of thiocarbonyl (C=S) groups is 1. The van der Waals surface area contributed by atoms with Crippen molar-refractivity contribution in [3.63, 3.8) is 0 Å². The number of rotatable bonds is 10. The van der Waals surface area contributed by atoms with Gasteiger partial charge in [-0.05, 0) is 44.1 Å². The predicted octanol–water partition coefficient (Wildman–Crippen LogP) is 3.67. The molecule has 0 bridgehead atoms. The summed E-state index contributed by atoms with van der Waals surface area (Å²) in [4.78, 5) is 37.3. The zero-order chi connectivity index (χ0) is 25.0. The normalized spacial score (nSPS) is 11.6. The predicted molar refractivity (Wildman–Crippen MR) is 131 cm³/mol. The third-order valence-corrected chi connectivity index (χ3v) is 4.52. The minimum atomic E-state index is -1.24. The fraction of sp³-hybridized carbons (Fsp3) is 0.360. The number of hydrogen-bond donors (Lipinski definition) is 2. The van der Waals surface area contributed by atoms with Gasteiger partial charge in [-0.1, -0.05) is 60.7 Å². The molecular weight excluding hydrogens is 456 g/mol. The number of amides is 2. The average molecular weight is 487 g/mol. The van der Waals surface area contributed by atoms with Crippen LogP contribution in [0, 0.1) is 0 Å². The van der Waals surface area contributed by atoms with Crippen molar-refractivity contribution in [1.82, 2.24) is 10.6 Å². The Labute approximate surface area is 205 Å². The highest BCUT2D eigenvalue weighted by molar-refractivity contribution is 7.80. The van der Waals surface area contributed by atoms with Gasteiger partial charge in [0.1, 0.15) is 24.9 Å². The molecule has 0 aliphatic rings. The molecule has 9 heteroatoms. The smallest absolute Gasteiger partial charge is 0.408 e. The molecular formula is C25H30N2O6S. The van der Waals surface area contributed by atoms with Crippen molar-refractivity contribution < 1.29 is 28.6 Å². The number of nitrogens with one attached hydrogen (secondary N) is 2. The van der Waals surface area contributed by atoms with Gasteiger partial charge >= 0.3 is 12.1 Å². The van der Waals surface area contributed by atoms with Gasteiger partial charge in [-0.2, -0.15) is 0 Å². The zero-order valence-corrected chi connectivity index (χ0v) is 20.4. The summed E-state index contributed by atoms with van der Waals surface area (Å²) >= 11 is 5.14. The van der Waals surface area contributed by atoms with Crippen molar-refractivity contribution in [1.29, 1.82) is 0 Å². The van der Waals surface area contributed by atoms with Crippen molar-refractivity contribution >= 4 is 35.2 Å². The SMILES string of the molecule is CC(C)(C)OC(=O)N[C@@H](CC(=O)NCC(=S)OCc1ccccc1)C(=O)OCc1ccccc1.